The molecule has 1 aliphatic heterocycles. The van der Waals surface area contributed by atoms with Gasteiger partial charge >= 0.3 is 0 Å². The van der Waals surface area contributed by atoms with Crippen LogP contribution in [-0.4, -0.2) is 57.9 Å². The number of aromatic nitrogens is 3. The van der Waals surface area contributed by atoms with Gasteiger partial charge in [-0.15, -0.1) is 0 Å². The Hall–Kier alpha value is -1.96. The van der Waals surface area contributed by atoms with Gasteiger partial charge in [-0.2, -0.15) is 5.10 Å². The molecular formula is C13H16N4O3S. The minimum atomic E-state index is -3.03. The smallest absolute Gasteiger partial charge is 0.272 e. The Bertz CT molecular complexity index is 784. The maximum absolute atomic E-state index is 12.7. The van der Waals surface area contributed by atoms with Crippen molar-refractivity contribution in [2.75, 3.05) is 18.1 Å². The fourth-order valence-corrected chi connectivity index (χ4v) is 4.46. The van der Waals surface area contributed by atoms with E-state index in [9.17, 15) is 13.2 Å². The lowest BCUT2D eigenvalue weighted by atomic mass is 10.2. The molecular weight excluding hydrogens is 292 g/mol. The zero-order valence-electron chi connectivity index (χ0n) is 11.6. The molecule has 3 heterocycles. The predicted molar refractivity (Wildman–Crippen MR) is 76.8 cm³/mol. The van der Waals surface area contributed by atoms with Crippen LogP contribution < -0.4 is 0 Å². The molecule has 0 aliphatic carbocycles. The summed E-state index contributed by atoms with van der Waals surface area (Å²) in [4.78, 5) is 18.5. The summed E-state index contributed by atoms with van der Waals surface area (Å²) in [7, 11) is -3.03. The van der Waals surface area contributed by atoms with Gasteiger partial charge in [0.1, 0.15) is 5.69 Å². The maximum Gasteiger partial charge on any atom is 0.272 e. The van der Waals surface area contributed by atoms with Crippen LogP contribution >= 0.6 is 0 Å². The van der Waals surface area contributed by atoms with Crippen molar-refractivity contribution >= 4 is 21.4 Å². The minimum Gasteiger partial charge on any atom is -0.334 e. The fourth-order valence-electron chi connectivity index (χ4n) is 2.73. The molecule has 112 valence electrons. The lowest BCUT2D eigenvalue weighted by Gasteiger charge is -2.26. The van der Waals surface area contributed by atoms with E-state index in [4.69, 9.17) is 0 Å². The molecule has 3 rings (SSSR count). The zero-order valence-corrected chi connectivity index (χ0v) is 12.5. The van der Waals surface area contributed by atoms with Gasteiger partial charge in [0, 0.05) is 24.8 Å². The highest BCUT2D eigenvalue weighted by atomic mass is 32.2. The molecule has 8 heteroatoms. The van der Waals surface area contributed by atoms with Gasteiger partial charge in [0.2, 0.25) is 0 Å². The summed E-state index contributed by atoms with van der Waals surface area (Å²) in [5.41, 5.74) is 0.993. The Morgan fingerprint density at radius 2 is 2.24 bits per heavy atom. The van der Waals surface area contributed by atoms with Gasteiger partial charge in [-0.3, -0.25) is 4.79 Å². The van der Waals surface area contributed by atoms with Crippen LogP contribution in [0, 0.1) is 0 Å². The molecule has 0 bridgehead atoms. The van der Waals surface area contributed by atoms with Gasteiger partial charge < -0.3 is 4.90 Å². The number of amides is 1. The Labute approximate surface area is 122 Å². The highest BCUT2D eigenvalue weighted by Gasteiger charge is 2.34. The standard InChI is InChI=1S/C13H16N4O3S/c1-2-16(10-5-8-21(19,20)9-10)13(18)11-3-6-14-12-4-7-15-17(11)12/h3-4,6-7,10H,2,5,8-9H2,1H3. The van der Waals surface area contributed by atoms with Crippen LogP contribution in [0.3, 0.4) is 0 Å². The molecule has 0 saturated carbocycles. The summed E-state index contributed by atoms with van der Waals surface area (Å²) in [5, 5.41) is 4.10. The van der Waals surface area contributed by atoms with E-state index in [0.29, 0.717) is 24.3 Å². The van der Waals surface area contributed by atoms with E-state index in [0.717, 1.165) is 0 Å². The Kier molecular flexibility index (Phi) is 3.40. The summed E-state index contributed by atoms with van der Waals surface area (Å²) >= 11 is 0. The molecule has 1 amide bonds. The Morgan fingerprint density at radius 1 is 1.43 bits per heavy atom. The predicted octanol–water partition coefficient (Wildman–Crippen LogP) is 0.378. The topological polar surface area (TPSA) is 84.6 Å². The minimum absolute atomic E-state index is 0.0416. The number of carbonyl (C=O) groups is 1. The van der Waals surface area contributed by atoms with E-state index in [1.54, 1.807) is 29.4 Å². The molecule has 1 unspecified atom stereocenters. The molecule has 0 N–H and O–H groups in total. The van der Waals surface area contributed by atoms with Crippen LogP contribution in [0.25, 0.3) is 5.65 Å². The molecule has 1 atom stereocenters. The molecule has 1 fully saturated rings. The molecule has 0 radical (unpaired) electrons. The summed E-state index contributed by atoms with van der Waals surface area (Å²) in [6, 6.07) is 3.06. The lowest BCUT2D eigenvalue weighted by molar-refractivity contribution is 0.0699. The van der Waals surface area contributed by atoms with Crippen LogP contribution in [0.1, 0.15) is 23.8 Å². The van der Waals surface area contributed by atoms with E-state index in [-0.39, 0.29) is 23.5 Å². The first-order valence-electron chi connectivity index (χ1n) is 6.82. The Morgan fingerprint density at radius 3 is 2.90 bits per heavy atom. The van der Waals surface area contributed by atoms with Crippen LogP contribution in [-0.2, 0) is 9.84 Å². The largest absolute Gasteiger partial charge is 0.334 e. The number of hydrogen-bond donors (Lipinski definition) is 0. The lowest BCUT2D eigenvalue weighted by Crippen LogP contribution is -2.41. The van der Waals surface area contributed by atoms with Crippen LogP contribution in [0.2, 0.25) is 0 Å². The van der Waals surface area contributed by atoms with Crippen LogP contribution in [0.15, 0.2) is 24.5 Å². The molecule has 0 aromatic carbocycles. The normalized spacial score (nSPS) is 20.7. The van der Waals surface area contributed by atoms with Gasteiger partial charge in [-0.05, 0) is 19.4 Å². The first-order valence-corrected chi connectivity index (χ1v) is 8.64. The molecule has 7 nitrogen and oxygen atoms in total. The molecule has 1 saturated heterocycles. The third kappa shape index (κ3) is 2.51. The quantitative estimate of drug-likeness (QED) is 0.818. The molecule has 2 aromatic heterocycles. The van der Waals surface area contributed by atoms with E-state index >= 15 is 0 Å². The van der Waals surface area contributed by atoms with Crippen LogP contribution in [0.5, 0.6) is 0 Å². The number of rotatable bonds is 3. The van der Waals surface area contributed by atoms with Crippen LogP contribution in [0.4, 0.5) is 0 Å². The highest BCUT2D eigenvalue weighted by Crippen LogP contribution is 2.20. The molecule has 0 spiro atoms. The third-order valence-corrected chi connectivity index (χ3v) is 5.51. The van der Waals surface area contributed by atoms with Crippen molar-refractivity contribution in [1.82, 2.24) is 19.5 Å². The number of carbonyl (C=O) groups excluding carboxylic acids is 1. The first-order chi connectivity index (χ1) is 10.0. The number of hydrogen-bond acceptors (Lipinski definition) is 5. The van der Waals surface area contributed by atoms with E-state index < -0.39 is 9.84 Å². The fraction of sp³-hybridized carbons (Fsp3) is 0.462. The summed E-state index contributed by atoms with van der Waals surface area (Å²) in [6.07, 6.45) is 3.63. The van der Waals surface area contributed by atoms with E-state index in [1.807, 2.05) is 6.92 Å². The van der Waals surface area contributed by atoms with Crippen molar-refractivity contribution in [3.05, 3.63) is 30.2 Å². The average molecular weight is 308 g/mol. The van der Waals surface area contributed by atoms with Crippen molar-refractivity contribution in [3.8, 4) is 0 Å². The summed E-state index contributed by atoms with van der Waals surface area (Å²) in [5.74, 6) is -0.0229. The van der Waals surface area contributed by atoms with Crippen molar-refractivity contribution in [2.45, 2.75) is 19.4 Å². The SMILES string of the molecule is CCN(C(=O)c1ccnc2ccnn12)C1CCS(=O)(=O)C1. The van der Waals surface area contributed by atoms with Crippen molar-refractivity contribution < 1.29 is 13.2 Å². The van der Waals surface area contributed by atoms with Crippen molar-refractivity contribution in [3.63, 3.8) is 0 Å². The van der Waals surface area contributed by atoms with Gasteiger partial charge in [0.05, 0.1) is 17.7 Å². The number of fused-ring (bicyclic) bond motifs is 1. The summed E-state index contributed by atoms with van der Waals surface area (Å²) in [6.45, 7) is 2.31. The monoisotopic (exact) mass is 308 g/mol. The highest BCUT2D eigenvalue weighted by molar-refractivity contribution is 7.91. The van der Waals surface area contributed by atoms with Gasteiger partial charge in [-0.25, -0.2) is 17.9 Å². The second kappa shape index (κ2) is 5.10. The van der Waals surface area contributed by atoms with E-state index in [1.165, 1.54) is 4.52 Å². The average Bonchev–Trinajstić information content (AvgIpc) is 3.05. The maximum atomic E-state index is 12.7. The van der Waals surface area contributed by atoms with Gasteiger partial charge in [-0.1, -0.05) is 0 Å². The van der Waals surface area contributed by atoms with Crippen molar-refractivity contribution in [2.24, 2.45) is 0 Å². The second-order valence-electron chi connectivity index (χ2n) is 5.08. The van der Waals surface area contributed by atoms with Gasteiger partial charge in [0.15, 0.2) is 15.5 Å². The Balaban J connectivity index is 1.94. The van der Waals surface area contributed by atoms with Crippen molar-refractivity contribution in [1.29, 1.82) is 0 Å². The molecule has 1 aliphatic rings. The summed E-state index contributed by atoms with van der Waals surface area (Å²) < 4.78 is 24.7. The van der Waals surface area contributed by atoms with Gasteiger partial charge in [0.25, 0.3) is 5.91 Å². The second-order valence-corrected chi connectivity index (χ2v) is 7.31. The first kappa shape index (κ1) is 14.0. The third-order valence-electron chi connectivity index (χ3n) is 3.76. The number of sulfone groups is 1. The molecule has 2 aromatic rings. The number of nitrogens with zero attached hydrogens (tertiary/aromatic N) is 4. The molecule has 21 heavy (non-hydrogen) atoms. The van der Waals surface area contributed by atoms with E-state index in [2.05, 4.69) is 10.1 Å². The zero-order chi connectivity index (χ0) is 15.0.